The highest BCUT2D eigenvalue weighted by Gasteiger charge is 2.31. The SMILES string of the molecule is CCC(C)N[Si](C)(NC(C)CC)NC(C)CC.CCCCN[Si](C)(NCCCC)NCCCC. The third kappa shape index (κ3) is 20.4. The van der Waals surface area contributed by atoms with Crippen molar-refractivity contribution in [2.45, 2.75) is 151 Å². The summed E-state index contributed by atoms with van der Waals surface area (Å²) in [4.78, 5) is 22.6. The van der Waals surface area contributed by atoms with Crippen LogP contribution in [0.5, 0.6) is 0 Å². The van der Waals surface area contributed by atoms with Crippen LogP contribution in [0.25, 0.3) is 0 Å². The average molecular weight is 519 g/mol. The van der Waals surface area contributed by atoms with Crippen LogP contribution in [0.1, 0.15) is 120 Å². The molecule has 0 heterocycles. The third-order valence-corrected chi connectivity index (χ3v) is 12.6. The predicted molar refractivity (Wildman–Crippen MR) is 161 cm³/mol. The number of hydrogen-bond donors (Lipinski definition) is 6. The maximum atomic E-state index is 3.79. The van der Waals surface area contributed by atoms with Crippen LogP contribution >= 0.6 is 0 Å². The van der Waals surface area contributed by atoms with Gasteiger partial charge in [-0.25, -0.2) is 0 Å². The van der Waals surface area contributed by atoms with Gasteiger partial charge in [0.25, 0.3) is 17.1 Å². The topological polar surface area (TPSA) is 72.2 Å². The van der Waals surface area contributed by atoms with Crippen LogP contribution in [0.4, 0.5) is 0 Å². The first kappa shape index (κ1) is 36.4. The number of unbranched alkanes of at least 4 members (excludes halogenated alkanes) is 3. The summed E-state index contributed by atoms with van der Waals surface area (Å²) in [6.45, 7) is 28.3. The minimum Gasteiger partial charge on any atom is -0.313 e. The minimum atomic E-state index is -1.75. The molecule has 6 nitrogen and oxygen atoms in total. The molecule has 0 saturated carbocycles. The van der Waals surface area contributed by atoms with Crippen molar-refractivity contribution in [3.05, 3.63) is 0 Å². The van der Waals surface area contributed by atoms with Gasteiger partial charge in [0.05, 0.1) is 0 Å². The van der Waals surface area contributed by atoms with Crippen molar-refractivity contribution < 1.29 is 0 Å². The van der Waals surface area contributed by atoms with Gasteiger partial charge < -0.3 is 29.9 Å². The van der Waals surface area contributed by atoms with Gasteiger partial charge in [0.15, 0.2) is 0 Å². The summed E-state index contributed by atoms with van der Waals surface area (Å²) in [5, 5.41) is 0. The Bertz CT molecular complexity index is 384. The van der Waals surface area contributed by atoms with Gasteiger partial charge in [-0.3, -0.25) is 0 Å². The molecule has 0 saturated heterocycles. The minimum absolute atomic E-state index is 0.569. The number of nitrogens with one attached hydrogen (secondary N) is 6. The molecule has 0 bridgehead atoms. The van der Waals surface area contributed by atoms with Crippen LogP contribution in [0.15, 0.2) is 0 Å². The van der Waals surface area contributed by atoms with Gasteiger partial charge >= 0.3 is 0 Å². The molecule has 34 heavy (non-hydrogen) atoms. The average Bonchev–Trinajstić information content (AvgIpc) is 2.79. The summed E-state index contributed by atoms with van der Waals surface area (Å²) in [6.07, 6.45) is 11.1. The molecule has 0 amide bonds. The smallest absolute Gasteiger partial charge is 0.278 e. The van der Waals surface area contributed by atoms with Crippen molar-refractivity contribution in [1.29, 1.82) is 0 Å². The summed E-state index contributed by atoms with van der Waals surface area (Å²) in [7, 11) is -3.36. The molecular formula is C26H66N6Si2. The summed E-state index contributed by atoms with van der Waals surface area (Å²) in [5.41, 5.74) is 0. The summed E-state index contributed by atoms with van der Waals surface area (Å²) < 4.78 is 0. The third-order valence-electron chi connectivity index (χ3n) is 6.47. The highest BCUT2D eigenvalue weighted by Crippen LogP contribution is 2.02. The van der Waals surface area contributed by atoms with E-state index < -0.39 is 17.1 Å². The lowest BCUT2D eigenvalue weighted by Gasteiger charge is -2.37. The molecule has 0 aliphatic heterocycles. The molecule has 0 aromatic carbocycles. The highest BCUT2D eigenvalue weighted by atomic mass is 28.4. The van der Waals surface area contributed by atoms with Crippen molar-refractivity contribution in [1.82, 2.24) is 29.9 Å². The molecule has 0 spiro atoms. The van der Waals surface area contributed by atoms with Crippen molar-refractivity contribution in [2.75, 3.05) is 19.6 Å². The van der Waals surface area contributed by atoms with Crippen LogP contribution in [0.3, 0.4) is 0 Å². The molecule has 3 unspecified atom stereocenters. The zero-order chi connectivity index (χ0) is 26.5. The van der Waals surface area contributed by atoms with Gasteiger partial charge in [-0.2, -0.15) is 0 Å². The first-order chi connectivity index (χ1) is 16.0. The Kier molecular flexibility index (Phi) is 23.9. The fourth-order valence-electron chi connectivity index (χ4n) is 3.64. The van der Waals surface area contributed by atoms with Crippen LogP contribution in [0.2, 0.25) is 13.1 Å². The number of hydrogen-bond acceptors (Lipinski definition) is 6. The zero-order valence-electron chi connectivity index (χ0n) is 25.2. The summed E-state index contributed by atoms with van der Waals surface area (Å²) in [5.74, 6) is 0. The first-order valence-corrected chi connectivity index (χ1v) is 19.6. The lowest BCUT2D eigenvalue weighted by atomic mass is 10.3. The second kappa shape index (κ2) is 22.4. The van der Waals surface area contributed by atoms with E-state index in [2.05, 4.69) is 105 Å². The predicted octanol–water partition coefficient (Wildman–Crippen LogP) is 5.44. The Balaban J connectivity index is 0. The Hall–Kier alpha value is 0.194. The van der Waals surface area contributed by atoms with Gasteiger partial charge in [-0.05, 0) is 89.4 Å². The first-order valence-electron chi connectivity index (χ1n) is 14.6. The molecule has 8 heteroatoms. The van der Waals surface area contributed by atoms with Gasteiger partial charge in [0.2, 0.25) is 0 Å². The normalized spacial score (nSPS) is 16.3. The van der Waals surface area contributed by atoms with Crippen molar-refractivity contribution in [3.8, 4) is 0 Å². The van der Waals surface area contributed by atoms with Gasteiger partial charge in [0.1, 0.15) is 0 Å². The summed E-state index contributed by atoms with van der Waals surface area (Å²) in [6, 6.07) is 1.71. The molecule has 0 aliphatic rings. The lowest BCUT2D eigenvalue weighted by Crippen LogP contribution is -2.74. The van der Waals surface area contributed by atoms with E-state index in [-0.39, 0.29) is 0 Å². The van der Waals surface area contributed by atoms with E-state index in [0.29, 0.717) is 18.1 Å². The molecule has 0 aliphatic carbocycles. The Morgan fingerprint density at radius 3 is 0.941 bits per heavy atom. The Morgan fingerprint density at radius 2 is 0.735 bits per heavy atom. The largest absolute Gasteiger partial charge is 0.313 e. The van der Waals surface area contributed by atoms with E-state index in [1.165, 1.54) is 57.8 Å². The number of rotatable bonds is 21. The van der Waals surface area contributed by atoms with Gasteiger partial charge in [0, 0.05) is 0 Å². The monoisotopic (exact) mass is 518 g/mol. The molecule has 6 N–H and O–H groups in total. The van der Waals surface area contributed by atoms with Crippen LogP contribution in [-0.2, 0) is 0 Å². The molecule has 0 fully saturated rings. The van der Waals surface area contributed by atoms with Crippen LogP contribution in [0, 0.1) is 0 Å². The maximum absolute atomic E-state index is 3.79. The molecule has 208 valence electrons. The molecule has 0 aromatic heterocycles. The van der Waals surface area contributed by atoms with Crippen LogP contribution in [-0.4, -0.2) is 54.9 Å². The fourth-order valence-corrected chi connectivity index (χ4v) is 9.87. The second-order valence-electron chi connectivity index (χ2n) is 10.5. The quantitative estimate of drug-likeness (QED) is 0.0897. The van der Waals surface area contributed by atoms with Crippen LogP contribution < -0.4 is 29.9 Å². The molecular weight excluding hydrogens is 453 g/mol. The van der Waals surface area contributed by atoms with E-state index in [4.69, 9.17) is 0 Å². The van der Waals surface area contributed by atoms with Gasteiger partial charge in [-0.15, -0.1) is 0 Å². The van der Waals surface area contributed by atoms with E-state index >= 15 is 0 Å². The Labute approximate surface area is 217 Å². The summed E-state index contributed by atoms with van der Waals surface area (Å²) >= 11 is 0. The zero-order valence-corrected chi connectivity index (χ0v) is 27.2. The highest BCUT2D eigenvalue weighted by molar-refractivity contribution is 6.71. The van der Waals surface area contributed by atoms with E-state index in [1.807, 2.05) is 0 Å². The standard InChI is InChI=1S/2C13H33N3Si/c1-8-11(4)14-17(7,15-12(5)9-2)16-13(6)10-3;1-5-8-11-14-17(4,15-12-9-6-2)16-13-10-7-3/h11-16H,8-10H2,1-7H3;14-16H,5-13H2,1-4H3. The fraction of sp³-hybridized carbons (Fsp3) is 1.00. The second-order valence-corrected chi connectivity index (χ2v) is 16.9. The van der Waals surface area contributed by atoms with E-state index in [9.17, 15) is 0 Å². The molecule has 0 rings (SSSR count). The molecule has 3 atom stereocenters. The van der Waals surface area contributed by atoms with E-state index in [0.717, 1.165) is 19.6 Å². The maximum Gasteiger partial charge on any atom is 0.278 e. The Morgan fingerprint density at radius 1 is 0.471 bits per heavy atom. The molecule has 0 radical (unpaired) electrons. The van der Waals surface area contributed by atoms with Gasteiger partial charge in [-0.1, -0.05) is 81.6 Å². The lowest BCUT2D eigenvalue weighted by molar-refractivity contribution is 0.540. The van der Waals surface area contributed by atoms with Crippen molar-refractivity contribution in [2.24, 2.45) is 0 Å². The van der Waals surface area contributed by atoms with Crippen molar-refractivity contribution in [3.63, 3.8) is 0 Å². The molecule has 0 aromatic rings. The van der Waals surface area contributed by atoms with Crippen molar-refractivity contribution >= 4 is 17.1 Å². The van der Waals surface area contributed by atoms with E-state index in [1.54, 1.807) is 0 Å².